The van der Waals surface area contributed by atoms with Crippen LogP contribution in [0.15, 0.2) is 6.07 Å². The van der Waals surface area contributed by atoms with E-state index >= 15 is 0 Å². The number of carbonyl (C=O) groups excluding carboxylic acids is 1. The topological polar surface area (TPSA) is 22.0 Å². The molecule has 1 heterocycles. The molecule has 0 aliphatic heterocycles. The van der Waals surface area contributed by atoms with E-state index in [1.165, 1.54) is 18.5 Å². The molecule has 3 heteroatoms. The van der Waals surface area contributed by atoms with Crippen molar-refractivity contribution in [3.05, 3.63) is 23.0 Å². The van der Waals surface area contributed by atoms with Crippen LogP contribution in [0.2, 0.25) is 0 Å². The summed E-state index contributed by atoms with van der Waals surface area (Å²) in [5.74, 6) is 0.852. The van der Waals surface area contributed by atoms with E-state index in [0.29, 0.717) is 6.04 Å². The maximum Gasteiger partial charge on any atom is 0.182 e. The Bertz CT molecular complexity index is 441. The number of alkyl halides is 1. The molecule has 0 bridgehead atoms. The standard InChI is InChI=1S/C14H20ClNO/c1-8-5-12(6-8)16-9(2)7-13(11(16)4)14(17)10(3)15/h7-8,10,12H,5-6H2,1-4H3. The lowest BCUT2D eigenvalue weighted by Gasteiger charge is -2.36. The van der Waals surface area contributed by atoms with Gasteiger partial charge in [-0.1, -0.05) is 6.92 Å². The first-order chi connectivity index (χ1) is 7.91. The van der Waals surface area contributed by atoms with Crippen molar-refractivity contribution < 1.29 is 4.79 Å². The fourth-order valence-corrected chi connectivity index (χ4v) is 2.99. The molecule has 0 amide bonds. The summed E-state index contributed by atoms with van der Waals surface area (Å²) in [4.78, 5) is 12.0. The predicted molar refractivity (Wildman–Crippen MR) is 71.0 cm³/mol. The molecule has 0 N–H and O–H groups in total. The van der Waals surface area contributed by atoms with E-state index in [0.717, 1.165) is 17.2 Å². The van der Waals surface area contributed by atoms with Gasteiger partial charge in [0, 0.05) is 23.0 Å². The minimum Gasteiger partial charge on any atom is -0.345 e. The van der Waals surface area contributed by atoms with Gasteiger partial charge in [-0.25, -0.2) is 0 Å². The average Bonchev–Trinajstić information content (AvgIpc) is 2.49. The lowest BCUT2D eigenvalue weighted by atomic mass is 9.81. The van der Waals surface area contributed by atoms with E-state index in [1.54, 1.807) is 6.92 Å². The first-order valence-corrected chi connectivity index (χ1v) is 6.72. The van der Waals surface area contributed by atoms with Crippen LogP contribution in [0.1, 0.15) is 54.5 Å². The number of Topliss-reactive ketones (excluding diaryl/α,β-unsaturated/α-hetero) is 1. The summed E-state index contributed by atoms with van der Waals surface area (Å²) in [5.41, 5.74) is 3.06. The molecule has 2 rings (SSSR count). The van der Waals surface area contributed by atoms with Gasteiger partial charge in [-0.3, -0.25) is 4.79 Å². The van der Waals surface area contributed by atoms with Crippen molar-refractivity contribution in [3.63, 3.8) is 0 Å². The first-order valence-electron chi connectivity index (χ1n) is 6.28. The number of hydrogen-bond acceptors (Lipinski definition) is 1. The van der Waals surface area contributed by atoms with Gasteiger partial charge in [0.1, 0.15) is 0 Å². The largest absolute Gasteiger partial charge is 0.345 e. The van der Waals surface area contributed by atoms with Gasteiger partial charge < -0.3 is 4.57 Å². The summed E-state index contributed by atoms with van der Waals surface area (Å²) in [5, 5.41) is -0.440. The number of aryl methyl sites for hydroxylation is 1. The third kappa shape index (κ3) is 2.15. The van der Waals surface area contributed by atoms with Crippen molar-refractivity contribution in [1.82, 2.24) is 4.57 Å². The molecule has 94 valence electrons. The second kappa shape index (κ2) is 4.49. The van der Waals surface area contributed by atoms with E-state index in [9.17, 15) is 4.79 Å². The van der Waals surface area contributed by atoms with Crippen molar-refractivity contribution in [2.75, 3.05) is 0 Å². The Balaban J connectivity index is 2.32. The lowest BCUT2D eigenvalue weighted by Crippen LogP contribution is -2.26. The van der Waals surface area contributed by atoms with Crippen molar-refractivity contribution in [2.24, 2.45) is 5.92 Å². The van der Waals surface area contributed by atoms with Crippen LogP contribution in [-0.4, -0.2) is 15.7 Å². The molecule has 1 aromatic rings. The quantitative estimate of drug-likeness (QED) is 0.592. The van der Waals surface area contributed by atoms with E-state index in [-0.39, 0.29) is 5.78 Å². The maximum atomic E-state index is 12.0. The Morgan fingerprint density at radius 3 is 2.53 bits per heavy atom. The van der Waals surface area contributed by atoms with Crippen LogP contribution in [0.4, 0.5) is 0 Å². The SMILES string of the molecule is Cc1cc(C(=O)C(C)Cl)c(C)n1C1CC(C)C1. The first kappa shape index (κ1) is 12.7. The summed E-state index contributed by atoms with van der Waals surface area (Å²) in [6.07, 6.45) is 2.45. The second-order valence-electron chi connectivity index (χ2n) is 5.37. The normalized spacial score (nSPS) is 25.5. The van der Waals surface area contributed by atoms with Crippen molar-refractivity contribution in [1.29, 1.82) is 0 Å². The van der Waals surface area contributed by atoms with Crippen LogP contribution in [0, 0.1) is 19.8 Å². The molecule has 1 fully saturated rings. The van der Waals surface area contributed by atoms with Gasteiger partial charge in [0.2, 0.25) is 0 Å². The highest BCUT2D eigenvalue weighted by atomic mass is 35.5. The third-order valence-corrected chi connectivity index (χ3v) is 4.02. The number of halogens is 1. The van der Waals surface area contributed by atoms with Crippen molar-refractivity contribution >= 4 is 17.4 Å². The summed E-state index contributed by atoms with van der Waals surface area (Å²) in [6.45, 7) is 8.12. The average molecular weight is 254 g/mol. The molecular formula is C14H20ClNO. The Morgan fingerprint density at radius 1 is 1.47 bits per heavy atom. The Kier molecular flexibility index (Phi) is 3.35. The predicted octanol–water partition coefficient (Wildman–Crippen LogP) is 3.89. The molecule has 0 saturated heterocycles. The highest BCUT2D eigenvalue weighted by molar-refractivity contribution is 6.33. The molecule has 0 aromatic carbocycles. The van der Waals surface area contributed by atoms with Gasteiger partial charge in [0.25, 0.3) is 0 Å². The second-order valence-corrected chi connectivity index (χ2v) is 6.02. The summed E-state index contributed by atoms with van der Waals surface area (Å²) >= 11 is 5.89. The zero-order valence-corrected chi connectivity index (χ0v) is 11.7. The molecule has 1 atom stereocenters. The van der Waals surface area contributed by atoms with E-state index in [2.05, 4.69) is 18.4 Å². The lowest BCUT2D eigenvalue weighted by molar-refractivity contribution is 0.0990. The summed E-state index contributed by atoms with van der Waals surface area (Å²) < 4.78 is 2.31. The van der Waals surface area contributed by atoms with Crippen LogP contribution in [0.3, 0.4) is 0 Å². The highest BCUT2D eigenvalue weighted by Gasteiger charge is 2.30. The minimum atomic E-state index is -0.440. The number of ketones is 1. The Labute approximate surface area is 108 Å². The van der Waals surface area contributed by atoms with Crippen molar-refractivity contribution in [3.8, 4) is 0 Å². The van der Waals surface area contributed by atoms with Crippen LogP contribution < -0.4 is 0 Å². The highest BCUT2D eigenvalue weighted by Crippen LogP contribution is 2.39. The number of rotatable bonds is 3. The van der Waals surface area contributed by atoms with Gasteiger partial charge in [0.05, 0.1) is 5.38 Å². The zero-order chi connectivity index (χ0) is 12.7. The van der Waals surface area contributed by atoms with Gasteiger partial charge in [-0.05, 0) is 45.6 Å². The summed E-state index contributed by atoms with van der Waals surface area (Å²) in [6, 6.07) is 2.57. The number of hydrogen-bond donors (Lipinski definition) is 0. The molecule has 0 radical (unpaired) electrons. The monoisotopic (exact) mass is 253 g/mol. The van der Waals surface area contributed by atoms with Gasteiger partial charge in [-0.15, -0.1) is 11.6 Å². The molecule has 1 aromatic heterocycles. The van der Waals surface area contributed by atoms with E-state index in [4.69, 9.17) is 11.6 Å². The molecule has 1 saturated carbocycles. The summed E-state index contributed by atoms with van der Waals surface area (Å²) in [7, 11) is 0. The minimum absolute atomic E-state index is 0.0402. The van der Waals surface area contributed by atoms with Gasteiger partial charge in [0.15, 0.2) is 5.78 Å². The molecule has 1 aliphatic carbocycles. The van der Waals surface area contributed by atoms with Crippen LogP contribution in [0.25, 0.3) is 0 Å². The molecule has 1 unspecified atom stereocenters. The smallest absolute Gasteiger partial charge is 0.182 e. The number of nitrogens with zero attached hydrogens (tertiary/aromatic N) is 1. The van der Waals surface area contributed by atoms with E-state index in [1.807, 2.05) is 13.0 Å². The van der Waals surface area contributed by atoms with Crippen LogP contribution in [0.5, 0.6) is 0 Å². The third-order valence-electron chi connectivity index (χ3n) is 3.83. The van der Waals surface area contributed by atoms with E-state index < -0.39 is 5.38 Å². The van der Waals surface area contributed by atoms with Gasteiger partial charge >= 0.3 is 0 Å². The number of aromatic nitrogens is 1. The maximum absolute atomic E-state index is 12.0. The fraction of sp³-hybridized carbons (Fsp3) is 0.643. The molecule has 0 spiro atoms. The Morgan fingerprint density at radius 2 is 2.06 bits per heavy atom. The van der Waals surface area contributed by atoms with Crippen LogP contribution >= 0.6 is 11.6 Å². The molecule has 1 aliphatic rings. The molecular weight excluding hydrogens is 234 g/mol. The molecule has 2 nitrogen and oxygen atoms in total. The van der Waals surface area contributed by atoms with Crippen LogP contribution in [-0.2, 0) is 0 Å². The number of carbonyl (C=O) groups is 1. The fourth-order valence-electron chi connectivity index (χ4n) is 2.87. The van der Waals surface area contributed by atoms with Gasteiger partial charge in [-0.2, -0.15) is 0 Å². The van der Waals surface area contributed by atoms with Crippen molar-refractivity contribution in [2.45, 2.75) is 52.0 Å². The zero-order valence-electron chi connectivity index (χ0n) is 11.0. The Hall–Kier alpha value is -0.760. The molecule has 17 heavy (non-hydrogen) atoms.